The van der Waals surface area contributed by atoms with E-state index < -0.39 is 75.8 Å². The highest BCUT2D eigenvalue weighted by atomic mass is 32.9. The van der Waals surface area contributed by atoms with Gasteiger partial charge in [-0.25, -0.2) is 9.36 Å². The van der Waals surface area contributed by atoms with Gasteiger partial charge in [-0.3, -0.25) is 14.2 Å². The Kier molecular flexibility index (Phi) is 16.9. The zero-order valence-electron chi connectivity index (χ0n) is 39.4. The molecule has 16 heteroatoms. The van der Waals surface area contributed by atoms with Crippen molar-refractivity contribution in [1.29, 1.82) is 0 Å². The highest BCUT2D eigenvalue weighted by Gasteiger charge is 2.59. The van der Waals surface area contributed by atoms with E-state index in [9.17, 15) is 19.5 Å². The predicted octanol–water partition coefficient (Wildman–Crippen LogP) is 8.28. The molecule has 0 spiro atoms. The summed E-state index contributed by atoms with van der Waals surface area (Å²) in [5.41, 5.74) is -0.318. The van der Waals surface area contributed by atoms with Gasteiger partial charge in [0.15, 0.2) is 36.5 Å². The van der Waals surface area contributed by atoms with Gasteiger partial charge >= 0.3 is 11.7 Å². The molecule has 1 saturated heterocycles. The van der Waals surface area contributed by atoms with Crippen LogP contribution in [0, 0.1) is 18.3 Å². The number of hydrogen-bond donors (Lipinski definition) is 1. The summed E-state index contributed by atoms with van der Waals surface area (Å²) in [6, 6.07) is 25.3. The molecule has 1 aliphatic carbocycles. The van der Waals surface area contributed by atoms with Crippen molar-refractivity contribution in [1.82, 2.24) is 9.13 Å². The zero-order valence-corrected chi connectivity index (χ0v) is 41.9. The smallest absolute Gasteiger partial charge is 0.336 e. The molecule has 1 aromatic heterocycles. The van der Waals surface area contributed by atoms with E-state index in [2.05, 4.69) is 13.5 Å². The van der Waals surface area contributed by atoms with Crippen molar-refractivity contribution in [3.63, 3.8) is 0 Å². The average Bonchev–Trinajstić information content (AvgIpc) is 3.66. The van der Waals surface area contributed by atoms with Gasteiger partial charge in [0.25, 0.3) is 11.5 Å². The number of allylic oxidation sites excluding steroid dienone is 1. The third-order valence-corrected chi connectivity index (χ3v) is 18.7. The van der Waals surface area contributed by atoms with E-state index in [1.54, 1.807) is 60.4 Å². The first-order valence-electron chi connectivity index (χ1n) is 22.1. The number of benzene rings is 3. The van der Waals surface area contributed by atoms with Gasteiger partial charge < -0.3 is 38.3 Å². The number of methoxy groups -OCH3 is 3. The van der Waals surface area contributed by atoms with E-state index in [0.29, 0.717) is 24.3 Å². The summed E-state index contributed by atoms with van der Waals surface area (Å²) in [4.78, 5) is 41.0. The largest absolute Gasteiger partial charge is 0.497 e. The van der Waals surface area contributed by atoms with Crippen LogP contribution >= 0.6 is 17.3 Å². The van der Waals surface area contributed by atoms with E-state index >= 15 is 0 Å². The maximum Gasteiger partial charge on any atom is 0.336 e. The van der Waals surface area contributed by atoms with Gasteiger partial charge in [0.1, 0.15) is 34.6 Å². The minimum Gasteiger partial charge on any atom is -0.497 e. The van der Waals surface area contributed by atoms with E-state index in [4.69, 9.17) is 45.0 Å². The average molecular weight is 964 g/mol. The van der Waals surface area contributed by atoms with Gasteiger partial charge in [-0.2, -0.15) is 0 Å². The minimum atomic E-state index is -1.55. The lowest BCUT2D eigenvalue weighted by Gasteiger charge is -2.39. The zero-order chi connectivity index (χ0) is 48.0. The van der Waals surface area contributed by atoms with Crippen LogP contribution in [0.3, 0.4) is 0 Å². The number of rotatable bonds is 19. The molecule has 2 fully saturated rings. The molecule has 6 rings (SSSR count). The minimum absolute atomic E-state index is 0.0398. The van der Waals surface area contributed by atoms with E-state index in [1.165, 1.54) is 10.8 Å². The third kappa shape index (κ3) is 11.1. The molecule has 1 saturated carbocycles. The van der Waals surface area contributed by atoms with Crippen molar-refractivity contribution in [2.24, 2.45) is 11.3 Å². The second-order valence-corrected chi connectivity index (χ2v) is 24.2. The first kappa shape index (κ1) is 51.2. The Balaban J connectivity index is 1.50. The number of aliphatic hydroxyl groups excluding tert-OH is 1. The number of hydrogen-bond acceptors (Lipinski definition) is 13. The number of aliphatic hydroxyl groups is 1. The Bertz CT molecular complexity index is 2390. The molecule has 0 bridgehead atoms. The second kappa shape index (κ2) is 21.8. The Labute approximate surface area is 397 Å². The summed E-state index contributed by atoms with van der Waals surface area (Å²) in [6.07, 6.45) is 0.168. The standard InChI is InChI=1S/C50H64N2O11PS2/c1-32(2)34-24-25-49(7,41(53)28-34)66-64(65)43-40(63-45(42(43)60-27-26-57-8)51-29-33(3)44(54)52(47(51)56)31-61-46(55)48(4,5)6)30-62-50(35-14-12-11-13-15-35,36-16-20-38(58-9)21-17-36)37-18-22-39(59-10)23-19-37/h11-23,29,34,40-43,45,53H,1,24-28,30-31H2,2-10H3/q+1/t34?,40-,41-,42-,43-,45-,49-/m1/s1. The van der Waals surface area contributed by atoms with Crippen molar-refractivity contribution in [3.05, 3.63) is 140 Å². The fourth-order valence-corrected chi connectivity index (χ4v) is 15.7. The Hall–Kier alpha value is -4.18. The lowest BCUT2D eigenvalue weighted by atomic mass is 9.77. The summed E-state index contributed by atoms with van der Waals surface area (Å²) < 4.78 is 45.0. The SMILES string of the molecule is C=C(C)C1CC[C@@](C)(S[P+](=S)[C@H]2[C@@H](OCCOC)[C@H](n3cc(C)c(=O)n(COC(=O)C(C)(C)C)c3=O)O[C@@H]2COC(c2ccccc2)(c2ccc(OC)cc2)c2ccc(OC)cc2)[C@H](O)C1. The third-order valence-electron chi connectivity index (χ3n) is 12.6. The van der Waals surface area contributed by atoms with Crippen molar-refractivity contribution in [3.8, 4) is 11.5 Å². The Morgan fingerprint density at radius 3 is 2.08 bits per heavy atom. The normalized spacial score (nSPS) is 23.6. The molecule has 2 heterocycles. The molecule has 66 heavy (non-hydrogen) atoms. The van der Waals surface area contributed by atoms with Crippen LogP contribution in [0.25, 0.3) is 0 Å². The molecule has 356 valence electrons. The molecule has 1 aliphatic heterocycles. The Morgan fingerprint density at radius 1 is 0.955 bits per heavy atom. The van der Waals surface area contributed by atoms with Crippen molar-refractivity contribution < 1.29 is 43.1 Å². The van der Waals surface area contributed by atoms with Gasteiger partial charge in [-0.05, 0) is 108 Å². The van der Waals surface area contributed by atoms with Gasteiger partial charge in [0.05, 0.1) is 50.3 Å². The summed E-state index contributed by atoms with van der Waals surface area (Å²) >= 11 is 8.17. The van der Waals surface area contributed by atoms with E-state index in [0.717, 1.165) is 33.3 Å². The van der Waals surface area contributed by atoms with Crippen molar-refractivity contribution in [2.75, 3.05) is 41.2 Å². The molecule has 0 amide bonds. The monoisotopic (exact) mass is 963 g/mol. The molecule has 8 atom stereocenters. The van der Waals surface area contributed by atoms with Crippen LogP contribution in [0.2, 0.25) is 0 Å². The van der Waals surface area contributed by atoms with Gasteiger partial charge in [0.2, 0.25) is 0 Å². The molecule has 4 aromatic rings. The van der Waals surface area contributed by atoms with Gasteiger partial charge in [-0.15, -0.1) is 0 Å². The van der Waals surface area contributed by atoms with Crippen LogP contribution in [-0.4, -0.2) is 90.1 Å². The number of carbonyl (C=O) groups is 1. The van der Waals surface area contributed by atoms with Crippen LogP contribution in [0.5, 0.6) is 11.5 Å². The second-order valence-electron chi connectivity index (χ2n) is 18.3. The Morgan fingerprint density at radius 2 is 1.55 bits per heavy atom. The molecule has 1 N–H and O–H groups in total. The predicted molar refractivity (Wildman–Crippen MR) is 261 cm³/mol. The molecule has 3 aromatic carbocycles. The summed E-state index contributed by atoms with van der Waals surface area (Å²) in [5.74, 6) is -0.580. The topological polar surface area (TPSA) is 146 Å². The fourth-order valence-electron chi connectivity index (χ4n) is 8.54. The highest BCUT2D eigenvalue weighted by Crippen LogP contribution is 2.61. The lowest BCUT2D eigenvalue weighted by molar-refractivity contribution is -0.157. The van der Waals surface area contributed by atoms with Crippen molar-refractivity contribution >= 4 is 35.1 Å². The number of aryl methyl sites for hydroxylation is 1. The van der Waals surface area contributed by atoms with E-state index in [-0.39, 0.29) is 31.3 Å². The molecule has 2 aliphatic rings. The maximum atomic E-state index is 14.6. The summed E-state index contributed by atoms with van der Waals surface area (Å²) in [7, 11) is 4.81. The van der Waals surface area contributed by atoms with Crippen molar-refractivity contribution in [2.45, 2.75) is 108 Å². The molecular formula is C50H64N2O11PS2+. The van der Waals surface area contributed by atoms with Crippen LogP contribution < -0.4 is 20.7 Å². The quantitative estimate of drug-likeness (QED) is 0.0317. The van der Waals surface area contributed by atoms with Crippen LogP contribution in [-0.2, 0) is 52.6 Å². The summed E-state index contributed by atoms with van der Waals surface area (Å²) in [6.45, 7) is 14.6. The first-order valence-corrected chi connectivity index (χ1v) is 26.0. The number of carbonyl (C=O) groups excluding carboxylic acids is 1. The summed E-state index contributed by atoms with van der Waals surface area (Å²) in [5, 5.41) is 11.8. The first-order chi connectivity index (χ1) is 31.4. The van der Waals surface area contributed by atoms with Crippen LogP contribution in [0.15, 0.2) is 107 Å². The molecule has 2 unspecified atom stereocenters. The maximum absolute atomic E-state index is 14.6. The molecule has 0 radical (unpaired) electrons. The highest BCUT2D eigenvalue weighted by molar-refractivity contribution is 8.65. The fraction of sp³-hybridized carbons (Fsp3) is 0.500. The molecule has 13 nitrogen and oxygen atoms in total. The van der Waals surface area contributed by atoms with Crippen LogP contribution in [0.4, 0.5) is 0 Å². The van der Waals surface area contributed by atoms with Crippen LogP contribution in [0.1, 0.15) is 82.4 Å². The van der Waals surface area contributed by atoms with Gasteiger partial charge in [0, 0.05) is 18.9 Å². The number of aromatic nitrogens is 2. The number of ether oxygens (including phenoxy) is 7. The van der Waals surface area contributed by atoms with Gasteiger partial charge in [-0.1, -0.05) is 66.7 Å². The number of nitrogens with zero attached hydrogens (tertiary/aromatic N) is 2. The molecular weight excluding hydrogens is 900 g/mol. The lowest BCUT2D eigenvalue weighted by Crippen LogP contribution is -2.45. The van der Waals surface area contributed by atoms with E-state index in [1.807, 2.05) is 85.8 Å². The number of esters is 1.